The van der Waals surface area contributed by atoms with Crippen molar-refractivity contribution >= 4 is 11.6 Å². The Morgan fingerprint density at radius 1 is 1.50 bits per heavy atom. The Kier molecular flexibility index (Phi) is 2.90. The van der Waals surface area contributed by atoms with Crippen LogP contribution in [-0.2, 0) is 4.79 Å². The van der Waals surface area contributed by atoms with Gasteiger partial charge < -0.3 is 20.1 Å². The highest BCUT2D eigenvalue weighted by atomic mass is 16.5. The van der Waals surface area contributed by atoms with Gasteiger partial charge in [-0.1, -0.05) is 0 Å². The molecule has 1 aromatic heterocycles. The van der Waals surface area contributed by atoms with Gasteiger partial charge in [-0.05, 0) is 19.9 Å². The minimum Gasteiger partial charge on any atom is -0.506 e. The summed E-state index contributed by atoms with van der Waals surface area (Å²) in [6.45, 7) is 5.03. The van der Waals surface area contributed by atoms with Gasteiger partial charge in [-0.25, -0.2) is 0 Å². The predicted molar refractivity (Wildman–Crippen MR) is 73.1 cm³/mol. The third-order valence-corrected chi connectivity index (χ3v) is 3.56. The molecule has 1 saturated heterocycles. The van der Waals surface area contributed by atoms with Gasteiger partial charge in [0.15, 0.2) is 11.4 Å². The molecule has 1 amide bonds. The summed E-state index contributed by atoms with van der Waals surface area (Å²) < 4.78 is 5.79. The van der Waals surface area contributed by atoms with E-state index in [0.29, 0.717) is 30.1 Å². The van der Waals surface area contributed by atoms with Crippen LogP contribution in [0.4, 0.5) is 0 Å². The van der Waals surface area contributed by atoms with Crippen molar-refractivity contribution in [3.63, 3.8) is 0 Å². The maximum absolute atomic E-state index is 12.1. The molecule has 0 unspecified atom stereocenters. The fourth-order valence-corrected chi connectivity index (χ4v) is 2.50. The zero-order valence-electron chi connectivity index (χ0n) is 11.5. The third kappa shape index (κ3) is 1.92. The summed E-state index contributed by atoms with van der Waals surface area (Å²) in [5.41, 5.74) is 0.296. The SMILES string of the molecule is CC1(C)Oc2ccncc2C(N2CCNCC2=O)=C1O. The van der Waals surface area contributed by atoms with Crippen LogP contribution in [0.2, 0.25) is 0 Å². The number of hydrogen-bond acceptors (Lipinski definition) is 5. The van der Waals surface area contributed by atoms with Crippen LogP contribution in [0.15, 0.2) is 24.2 Å². The molecule has 0 radical (unpaired) electrons. The number of fused-ring (bicyclic) bond motifs is 1. The second-order valence-electron chi connectivity index (χ2n) is 5.40. The topological polar surface area (TPSA) is 74.7 Å². The van der Waals surface area contributed by atoms with E-state index in [1.807, 2.05) is 0 Å². The van der Waals surface area contributed by atoms with Crippen molar-refractivity contribution in [3.8, 4) is 5.75 Å². The van der Waals surface area contributed by atoms with Gasteiger partial charge in [-0.15, -0.1) is 0 Å². The number of aromatic nitrogens is 1. The van der Waals surface area contributed by atoms with E-state index in [1.54, 1.807) is 37.2 Å². The van der Waals surface area contributed by atoms with Gasteiger partial charge in [-0.3, -0.25) is 9.78 Å². The summed E-state index contributed by atoms with van der Waals surface area (Å²) in [6, 6.07) is 1.75. The summed E-state index contributed by atoms with van der Waals surface area (Å²) in [5.74, 6) is 0.627. The molecule has 3 heterocycles. The summed E-state index contributed by atoms with van der Waals surface area (Å²) in [6.07, 6.45) is 3.25. The second kappa shape index (κ2) is 4.49. The maximum Gasteiger partial charge on any atom is 0.241 e. The highest BCUT2D eigenvalue weighted by molar-refractivity contribution is 5.91. The van der Waals surface area contributed by atoms with Crippen LogP contribution in [0, 0.1) is 0 Å². The number of amides is 1. The van der Waals surface area contributed by atoms with E-state index in [1.165, 1.54) is 0 Å². The van der Waals surface area contributed by atoms with E-state index < -0.39 is 5.60 Å². The van der Waals surface area contributed by atoms with Gasteiger partial charge in [0.05, 0.1) is 17.8 Å². The minimum atomic E-state index is -0.866. The predicted octanol–water partition coefficient (Wildman–Crippen LogP) is 0.911. The fourth-order valence-electron chi connectivity index (χ4n) is 2.50. The van der Waals surface area contributed by atoms with Crippen molar-refractivity contribution in [1.29, 1.82) is 0 Å². The van der Waals surface area contributed by atoms with Gasteiger partial charge >= 0.3 is 0 Å². The lowest BCUT2D eigenvalue weighted by molar-refractivity contribution is -0.128. The van der Waals surface area contributed by atoms with Gasteiger partial charge in [0.1, 0.15) is 5.75 Å². The molecule has 2 aliphatic rings. The molecule has 1 fully saturated rings. The highest BCUT2D eigenvalue weighted by Crippen LogP contribution is 2.40. The van der Waals surface area contributed by atoms with Crippen molar-refractivity contribution < 1.29 is 14.6 Å². The minimum absolute atomic E-state index is 0.0632. The number of rotatable bonds is 1. The molecule has 0 spiro atoms. The molecule has 0 aliphatic carbocycles. The summed E-state index contributed by atoms with van der Waals surface area (Å²) in [5, 5.41) is 13.5. The van der Waals surface area contributed by atoms with Crippen molar-refractivity contribution in [2.75, 3.05) is 19.6 Å². The van der Waals surface area contributed by atoms with Gasteiger partial charge in [0.2, 0.25) is 5.91 Å². The zero-order chi connectivity index (χ0) is 14.3. The lowest BCUT2D eigenvalue weighted by atomic mass is 9.96. The van der Waals surface area contributed by atoms with E-state index in [0.717, 1.165) is 0 Å². The molecular formula is C14H17N3O3. The largest absolute Gasteiger partial charge is 0.506 e. The first-order valence-electron chi connectivity index (χ1n) is 6.59. The molecule has 2 N–H and O–H groups in total. The normalized spacial score (nSPS) is 21.5. The summed E-state index contributed by atoms with van der Waals surface area (Å²) in [7, 11) is 0. The van der Waals surface area contributed by atoms with Crippen LogP contribution in [-0.4, -0.2) is 46.1 Å². The lowest BCUT2D eigenvalue weighted by Crippen LogP contribution is -2.49. The molecule has 0 aromatic carbocycles. The average Bonchev–Trinajstić information content (AvgIpc) is 2.41. The standard InChI is InChI=1S/C14H17N3O3/c1-14(2)13(19)12(17-6-5-16-8-11(17)18)9-7-15-4-3-10(9)20-14/h3-4,7,16,19H,5-6,8H2,1-2H3. The Labute approximate surface area is 117 Å². The first-order chi connectivity index (χ1) is 9.50. The first kappa shape index (κ1) is 12.9. The molecule has 0 bridgehead atoms. The Balaban J connectivity index is 2.15. The van der Waals surface area contributed by atoms with Gasteiger partial charge in [0.25, 0.3) is 0 Å². The van der Waals surface area contributed by atoms with Crippen LogP contribution in [0.3, 0.4) is 0 Å². The summed E-state index contributed by atoms with van der Waals surface area (Å²) in [4.78, 5) is 17.8. The average molecular weight is 275 g/mol. The lowest BCUT2D eigenvalue weighted by Gasteiger charge is -2.38. The Morgan fingerprint density at radius 3 is 3.05 bits per heavy atom. The maximum atomic E-state index is 12.1. The second-order valence-corrected chi connectivity index (χ2v) is 5.40. The highest BCUT2D eigenvalue weighted by Gasteiger charge is 2.39. The Hall–Kier alpha value is -2.08. The van der Waals surface area contributed by atoms with E-state index in [-0.39, 0.29) is 18.2 Å². The van der Waals surface area contributed by atoms with E-state index >= 15 is 0 Å². The van der Waals surface area contributed by atoms with E-state index in [9.17, 15) is 9.90 Å². The van der Waals surface area contributed by atoms with Crippen molar-refractivity contribution in [2.45, 2.75) is 19.4 Å². The first-order valence-corrected chi connectivity index (χ1v) is 6.59. The van der Waals surface area contributed by atoms with Crippen molar-refractivity contribution in [3.05, 3.63) is 29.8 Å². The number of nitrogens with zero attached hydrogens (tertiary/aromatic N) is 2. The van der Waals surface area contributed by atoms with Crippen LogP contribution < -0.4 is 10.1 Å². The Bertz CT molecular complexity index is 595. The number of aliphatic hydroxyl groups is 1. The van der Waals surface area contributed by atoms with Crippen molar-refractivity contribution in [1.82, 2.24) is 15.2 Å². The molecule has 20 heavy (non-hydrogen) atoms. The quantitative estimate of drug-likeness (QED) is 0.797. The van der Waals surface area contributed by atoms with E-state index in [4.69, 9.17) is 4.74 Å². The van der Waals surface area contributed by atoms with Crippen LogP contribution in [0.1, 0.15) is 19.4 Å². The Morgan fingerprint density at radius 2 is 2.30 bits per heavy atom. The number of piperazine rings is 1. The van der Waals surface area contributed by atoms with Crippen LogP contribution in [0.25, 0.3) is 5.70 Å². The smallest absolute Gasteiger partial charge is 0.241 e. The zero-order valence-corrected chi connectivity index (χ0v) is 11.5. The molecule has 6 heteroatoms. The molecule has 3 rings (SSSR count). The monoisotopic (exact) mass is 275 g/mol. The third-order valence-electron chi connectivity index (χ3n) is 3.56. The molecule has 0 atom stereocenters. The molecular weight excluding hydrogens is 258 g/mol. The molecule has 0 saturated carbocycles. The van der Waals surface area contributed by atoms with Gasteiger partial charge in [0, 0.05) is 25.5 Å². The molecule has 2 aliphatic heterocycles. The molecule has 6 nitrogen and oxygen atoms in total. The number of aliphatic hydroxyl groups excluding tert-OH is 1. The number of carbonyl (C=O) groups excluding carboxylic acids is 1. The number of ether oxygens (including phenoxy) is 1. The number of carbonyl (C=O) groups is 1. The van der Waals surface area contributed by atoms with Crippen LogP contribution >= 0.6 is 0 Å². The van der Waals surface area contributed by atoms with Crippen LogP contribution in [0.5, 0.6) is 5.75 Å². The molecule has 106 valence electrons. The number of nitrogens with one attached hydrogen (secondary N) is 1. The van der Waals surface area contributed by atoms with Gasteiger partial charge in [-0.2, -0.15) is 0 Å². The summed E-state index contributed by atoms with van der Waals surface area (Å²) >= 11 is 0. The molecule has 1 aromatic rings. The van der Waals surface area contributed by atoms with Crippen molar-refractivity contribution in [2.24, 2.45) is 0 Å². The van der Waals surface area contributed by atoms with E-state index in [2.05, 4.69) is 10.3 Å². The number of pyridine rings is 1. The fraction of sp³-hybridized carbons (Fsp3) is 0.429. The number of hydrogen-bond donors (Lipinski definition) is 2.